The fraction of sp³-hybridized carbons (Fsp3) is 0.348. The molecule has 0 spiro atoms. The largest absolute Gasteiger partial charge is 0.466 e. The van der Waals surface area contributed by atoms with Crippen LogP contribution >= 0.6 is 0 Å². The highest BCUT2D eigenvalue weighted by Gasteiger charge is 2.28. The van der Waals surface area contributed by atoms with Gasteiger partial charge in [0.05, 0.1) is 17.9 Å². The number of rotatable bonds is 7. The predicted molar refractivity (Wildman–Crippen MR) is 116 cm³/mol. The molecule has 4 rings (SSSR count). The van der Waals surface area contributed by atoms with Gasteiger partial charge in [-0.1, -0.05) is 18.2 Å². The number of fused-ring (bicyclic) bond motifs is 3. The van der Waals surface area contributed by atoms with Crippen LogP contribution in [-0.4, -0.2) is 31.6 Å². The van der Waals surface area contributed by atoms with E-state index in [0.717, 1.165) is 34.3 Å². The summed E-state index contributed by atoms with van der Waals surface area (Å²) in [4.78, 5) is 11.9. The van der Waals surface area contributed by atoms with E-state index in [2.05, 4.69) is 9.29 Å². The lowest BCUT2D eigenvalue weighted by Gasteiger charge is -2.25. The number of benzene rings is 2. The molecule has 0 bridgehead atoms. The zero-order chi connectivity index (χ0) is 22.0. The molecule has 0 saturated carbocycles. The van der Waals surface area contributed by atoms with E-state index in [-0.39, 0.29) is 16.9 Å². The van der Waals surface area contributed by atoms with Crippen LogP contribution in [0.4, 0.5) is 4.39 Å². The fourth-order valence-corrected chi connectivity index (χ4v) is 5.56. The Bertz CT molecular complexity index is 1200. The first-order valence-electron chi connectivity index (χ1n) is 10.4. The fourth-order valence-electron chi connectivity index (χ4n) is 4.29. The number of esters is 1. The summed E-state index contributed by atoms with van der Waals surface area (Å²) in [5.74, 6) is -0.702. The molecule has 6 nitrogen and oxygen atoms in total. The number of nitrogens with zero attached hydrogens (tertiary/aromatic N) is 1. The summed E-state index contributed by atoms with van der Waals surface area (Å²) in [5.41, 5.74) is 3.29. The molecule has 1 aromatic heterocycles. The summed E-state index contributed by atoms with van der Waals surface area (Å²) in [6.45, 7) is 2.68. The highest BCUT2D eigenvalue weighted by molar-refractivity contribution is 7.89. The van der Waals surface area contributed by atoms with Crippen molar-refractivity contribution in [2.75, 3.05) is 6.61 Å². The first-order valence-corrected chi connectivity index (χ1v) is 11.9. The average molecular weight is 445 g/mol. The van der Waals surface area contributed by atoms with Crippen molar-refractivity contribution in [2.24, 2.45) is 0 Å². The zero-order valence-corrected chi connectivity index (χ0v) is 18.1. The number of sulfonamides is 1. The van der Waals surface area contributed by atoms with Gasteiger partial charge in [-0.3, -0.25) is 4.79 Å². The van der Waals surface area contributed by atoms with Crippen LogP contribution in [0.3, 0.4) is 0 Å². The van der Waals surface area contributed by atoms with Gasteiger partial charge >= 0.3 is 5.97 Å². The molecular weight excluding hydrogens is 419 g/mol. The molecule has 1 aliphatic carbocycles. The van der Waals surface area contributed by atoms with Gasteiger partial charge in [0.15, 0.2) is 0 Å². The average Bonchev–Trinajstić information content (AvgIpc) is 3.06. The summed E-state index contributed by atoms with van der Waals surface area (Å²) in [5, 5.41) is 1.08. The molecule has 0 aliphatic heterocycles. The molecule has 0 fully saturated rings. The van der Waals surface area contributed by atoms with E-state index >= 15 is 0 Å². The lowest BCUT2D eigenvalue weighted by Crippen LogP contribution is -2.39. The second-order valence-electron chi connectivity index (χ2n) is 7.66. The van der Waals surface area contributed by atoms with Crippen molar-refractivity contribution < 1.29 is 22.3 Å². The van der Waals surface area contributed by atoms with Crippen molar-refractivity contribution in [3.63, 3.8) is 0 Å². The van der Waals surface area contributed by atoms with Crippen LogP contribution in [0.1, 0.15) is 31.0 Å². The van der Waals surface area contributed by atoms with E-state index in [1.807, 2.05) is 24.3 Å². The van der Waals surface area contributed by atoms with Crippen LogP contribution < -0.4 is 4.72 Å². The monoisotopic (exact) mass is 444 g/mol. The van der Waals surface area contributed by atoms with Gasteiger partial charge in [0.1, 0.15) is 5.82 Å². The minimum absolute atomic E-state index is 0.0524. The minimum Gasteiger partial charge on any atom is -0.466 e. The molecule has 0 amide bonds. The van der Waals surface area contributed by atoms with Crippen molar-refractivity contribution in [3.05, 3.63) is 65.6 Å². The van der Waals surface area contributed by atoms with Crippen molar-refractivity contribution in [1.82, 2.24) is 9.29 Å². The molecule has 1 heterocycles. The molecule has 0 radical (unpaired) electrons. The highest BCUT2D eigenvalue weighted by Crippen LogP contribution is 2.33. The van der Waals surface area contributed by atoms with Crippen molar-refractivity contribution >= 4 is 26.9 Å². The quantitative estimate of drug-likeness (QED) is 0.565. The number of nitrogens with one attached hydrogen (secondary N) is 1. The summed E-state index contributed by atoms with van der Waals surface area (Å²) >= 11 is 0. The topological polar surface area (TPSA) is 77.4 Å². The number of para-hydroxylation sites is 1. The van der Waals surface area contributed by atoms with Gasteiger partial charge in [-0.15, -0.1) is 0 Å². The first-order chi connectivity index (χ1) is 14.9. The van der Waals surface area contributed by atoms with Crippen LogP contribution in [0.5, 0.6) is 0 Å². The van der Waals surface area contributed by atoms with Gasteiger partial charge < -0.3 is 9.30 Å². The van der Waals surface area contributed by atoms with Gasteiger partial charge in [0.25, 0.3) is 0 Å². The molecule has 1 N–H and O–H groups in total. The molecule has 0 saturated heterocycles. The van der Waals surface area contributed by atoms with Crippen molar-refractivity contribution in [3.8, 4) is 0 Å². The number of aromatic nitrogens is 1. The molecule has 8 heteroatoms. The Kier molecular flexibility index (Phi) is 6.11. The second-order valence-corrected chi connectivity index (χ2v) is 9.38. The zero-order valence-electron chi connectivity index (χ0n) is 17.3. The summed E-state index contributed by atoms with van der Waals surface area (Å²) in [7, 11) is -3.74. The highest BCUT2D eigenvalue weighted by atomic mass is 32.2. The van der Waals surface area contributed by atoms with Gasteiger partial charge in [-0.05, 0) is 62.1 Å². The Morgan fingerprint density at radius 2 is 1.94 bits per heavy atom. The van der Waals surface area contributed by atoms with E-state index in [1.54, 1.807) is 6.92 Å². The van der Waals surface area contributed by atoms with Crippen molar-refractivity contribution in [1.29, 1.82) is 0 Å². The summed E-state index contributed by atoms with van der Waals surface area (Å²) in [6.07, 6.45) is 2.19. The lowest BCUT2D eigenvalue weighted by atomic mass is 9.92. The molecular formula is C23H25FN2O4S. The maximum Gasteiger partial charge on any atom is 0.307 e. The Labute approximate surface area is 181 Å². The molecule has 2 aromatic carbocycles. The Balaban J connectivity index is 1.58. The van der Waals surface area contributed by atoms with E-state index < -0.39 is 15.8 Å². The predicted octanol–water partition coefficient (Wildman–Crippen LogP) is 3.57. The number of halogens is 1. The number of carbonyl (C=O) groups excluding carboxylic acids is 1. The third kappa shape index (κ3) is 4.50. The smallest absolute Gasteiger partial charge is 0.307 e. The number of carbonyl (C=O) groups is 1. The van der Waals surface area contributed by atoms with Gasteiger partial charge in [0, 0.05) is 29.2 Å². The SMILES string of the molecule is CCOC(=O)CCn1c2c(c3ccccc31)C[C@H](NS(=O)(=O)c1ccc(F)cc1)CC2. The number of hydrogen-bond donors (Lipinski definition) is 1. The third-order valence-corrected chi connectivity index (χ3v) is 7.20. The van der Waals surface area contributed by atoms with Crippen LogP contribution in [-0.2, 0) is 38.9 Å². The molecule has 164 valence electrons. The Hall–Kier alpha value is -2.71. The van der Waals surface area contributed by atoms with E-state index in [9.17, 15) is 17.6 Å². The molecule has 3 aromatic rings. The molecule has 31 heavy (non-hydrogen) atoms. The van der Waals surface area contributed by atoms with E-state index in [4.69, 9.17) is 4.74 Å². The van der Waals surface area contributed by atoms with Crippen LogP contribution in [0.25, 0.3) is 10.9 Å². The molecule has 1 atom stereocenters. The van der Waals surface area contributed by atoms with Crippen LogP contribution in [0, 0.1) is 5.82 Å². The Morgan fingerprint density at radius 1 is 1.19 bits per heavy atom. The standard InChI is InChI=1S/C23H25FN2O4S/c1-2-30-23(27)13-14-26-21-6-4-3-5-19(21)20-15-17(9-12-22(20)26)25-31(28,29)18-10-7-16(24)8-11-18/h3-8,10-11,17,25H,2,9,12-15H2,1H3/t17-/m1/s1. The van der Waals surface area contributed by atoms with E-state index in [0.29, 0.717) is 38.8 Å². The van der Waals surface area contributed by atoms with Gasteiger partial charge in [0.2, 0.25) is 10.0 Å². The van der Waals surface area contributed by atoms with Crippen LogP contribution in [0.2, 0.25) is 0 Å². The lowest BCUT2D eigenvalue weighted by molar-refractivity contribution is -0.143. The molecule has 0 unspecified atom stereocenters. The number of aryl methyl sites for hydroxylation is 1. The summed E-state index contributed by atoms with van der Waals surface area (Å²) < 4.78 is 48.6. The number of hydrogen-bond acceptors (Lipinski definition) is 4. The maximum absolute atomic E-state index is 13.2. The van der Waals surface area contributed by atoms with E-state index in [1.165, 1.54) is 12.1 Å². The second kappa shape index (κ2) is 8.80. The Morgan fingerprint density at radius 3 is 2.68 bits per heavy atom. The third-order valence-electron chi connectivity index (χ3n) is 5.66. The van der Waals surface area contributed by atoms with Gasteiger partial charge in [-0.25, -0.2) is 17.5 Å². The van der Waals surface area contributed by atoms with Crippen molar-refractivity contribution in [2.45, 2.75) is 50.1 Å². The molecule has 1 aliphatic rings. The summed E-state index contributed by atoms with van der Waals surface area (Å²) in [6, 6.07) is 12.6. The van der Waals surface area contributed by atoms with Crippen LogP contribution in [0.15, 0.2) is 53.4 Å². The minimum atomic E-state index is -3.74. The van der Waals surface area contributed by atoms with Gasteiger partial charge in [-0.2, -0.15) is 0 Å². The number of ether oxygens (including phenoxy) is 1. The first kappa shape index (κ1) is 21.5. The maximum atomic E-state index is 13.2. The normalized spacial score (nSPS) is 16.3.